The molecule has 1 aromatic rings. The second-order valence-corrected chi connectivity index (χ2v) is 7.01. The average Bonchev–Trinajstić information content (AvgIpc) is 2.81. The van der Waals surface area contributed by atoms with Gasteiger partial charge in [0, 0.05) is 13.1 Å². The molecule has 1 aliphatic rings. The molecule has 0 atom stereocenters. The average molecular weight is 319 g/mol. The molecule has 0 aliphatic carbocycles. The lowest BCUT2D eigenvalue weighted by atomic mass is 10.4. The van der Waals surface area contributed by atoms with Crippen molar-refractivity contribution in [2.24, 2.45) is 0 Å². The molecule has 1 fully saturated rings. The first-order chi connectivity index (χ1) is 9.46. The van der Waals surface area contributed by atoms with E-state index in [2.05, 4.69) is 15.0 Å². The van der Waals surface area contributed by atoms with Crippen LogP contribution in [0.5, 0.6) is 0 Å². The Morgan fingerprint density at radius 3 is 3.00 bits per heavy atom. The van der Waals surface area contributed by atoms with Gasteiger partial charge in [-0.25, -0.2) is 18.2 Å². The topological polar surface area (TPSA) is 106 Å². The highest BCUT2D eigenvalue weighted by Gasteiger charge is 2.33. The molecule has 10 heteroatoms. The Hall–Kier alpha value is -1.52. The molecular weight excluding hydrogens is 306 g/mol. The molecule has 0 aromatic carbocycles. The Bertz CT molecular complexity index is 625. The Morgan fingerprint density at radius 1 is 1.55 bits per heavy atom. The fourth-order valence-electron chi connectivity index (χ4n) is 1.75. The zero-order chi connectivity index (χ0) is 14.8. The van der Waals surface area contributed by atoms with Crippen LogP contribution >= 0.6 is 11.3 Å². The van der Waals surface area contributed by atoms with Crippen LogP contribution in [-0.2, 0) is 19.6 Å². The molecule has 2 rings (SSSR count). The molecule has 1 amide bonds. The highest BCUT2D eigenvalue weighted by atomic mass is 32.2. The second-order valence-electron chi connectivity index (χ2n) is 4.02. The van der Waals surface area contributed by atoms with Gasteiger partial charge < -0.3 is 10.1 Å². The molecule has 1 saturated heterocycles. The van der Waals surface area contributed by atoms with Crippen LogP contribution in [0.25, 0.3) is 0 Å². The summed E-state index contributed by atoms with van der Waals surface area (Å²) in [6.07, 6.45) is 0.511. The van der Waals surface area contributed by atoms with Crippen molar-refractivity contribution in [2.45, 2.75) is 10.6 Å². The van der Waals surface area contributed by atoms with Crippen molar-refractivity contribution in [2.75, 3.05) is 26.7 Å². The number of carbonyl (C=O) groups is 2. The number of amides is 1. The fraction of sp³-hybridized carbons (Fsp3) is 0.500. The minimum Gasteiger partial charge on any atom is -0.464 e. The number of hydrogen-bond donors (Lipinski definition) is 1. The molecule has 1 aromatic heterocycles. The summed E-state index contributed by atoms with van der Waals surface area (Å²) >= 11 is 0.829. The third-order valence-corrected chi connectivity index (χ3v) is 5.91. The number of nitrogens with zero attached hydrogens (tertiary/aromatic N) is 2. The van der Waals surface area contributed by atoms with Crippen LogP contribution in [0.4, 0.5) is 0 Å². The molecule has 2 heterocycles. The van der Waals surface area contributed by atoms with Crippen molar-refractivity contribution in [3.05, 3.63) is 11.2 Å². The lowest BCUT2D eigenvalue weighted by Crippen LogP contribution is -2.37. The van der Waals surface area contributed by atoms with Gasteiger partial charge >= 0.3 is 5.97 Å². The summed E-state index contributed by atoms with van der Waals surface area (Å²) < 4.78 is 30.4. The molecule has 0 bridgehead atoms. The maximum atomic E-state index is 12.5. The largest absolute Gasteiger partial charge is 0.464 e. The van der Waals surface area contributed by atoms with E-state index in [1.165, 1.54) is 5.51 Å². The third-order valence-electron chi connectivity index (χ3n) is 2.71. The molecule has 110 valence electrons. The van der Waals surface area contributed by atoms with E-state index in [4.69, 9.17) is 0 Å². The predicted octanol–water partition coefficient (Wildman–Crippen LogP) is -0.560. The number of rotatable bonds is 3. The van der Waals surface area contributed by atoms with Crippen LogP contribution in [0.3, 0.4) is 0 Å². The summed E-state index contributed by atoms with van der Waals surface area (Å²) in [5.74, 6) is -1.18. The van der Waals surface area contributed by atoms with Crippen molar-refractivity contribution in [1.82, 2.24) is 14.6 Å². The van der Waals surface area contributed by atoms with Gasteiger partial charge in [0.25, 0.3) is 10.0 Å². The van der Waals surface area contributed by atoms with E-state index in [0.717, 1.165) is 22.8 Å². The summed E-state index contributed by atoms with van der Waals surface area (Å²) in [7, 11) is -2.78. The summed E-state index contributed by atoms with van der Waals surface area (Å²) in [5.41, 5.74) is 1.01. The Labute approximate surface area is 119 Å². The fourth-order valence-corrected chi connectivity index (χ4v) is 4.46. The number of ether oxygens (including phenoxy) is 1. The Balaban J connectivity index is 2.37. The van der Waals surface area contributed by atoms with Crippen molar-refractivity contribution >= 4 is 33.2 Å². The van der Waals surface area contributed by atoms with Crippen molar-refractivity contribution in [1.29, 1.82) is 0 Å². The Kier molecular flexibility index (Phi) is 4.35. The van der Waals surface area contributed by atoms with Crippen molar-refractivity contribution in [3.63, 3.8) is 0 Å². The standard InChI is InChI=1S/C10H13N3O5S2/c1-18-9(15)8-10(19-6-12-8)20(16,17)13-4-2-3-11-7(14)5-13/h6H,2-5H2,1H3,(H,11,14). The predicted molar refractivity (Wildman–Crippen MR) is 69.8 cm³/mol. The van der Waals surface area contributed by atoms with Gasteiger partial charge in [0.05, 0.1) is 19.2 Å². The van der Waals surface area contributed by atoms with Gasteiger partial charge in [0.2, 0.25) is 5.91 Å². The molecule has 0 spiro atoms. The van der Waals surface area contributed by atoms with Crippen LogP contribution in [0.1, 0.15) is 16.9 Å². The molecule has 0 saturated carbocycles. The lowest BCUT2D eigenvalue weighted by Gasteiger charge is -2.17. The lowest BCUT2D eigenvalue weighted by molar-refractivity contribution is -0.120. The van der Waals surface area contributed by atoms with E-state index in [9.17, 15) is 18.0 Å². The summed E-state index contributed by atoms with van der Waals surface area (Å²) in [4.78, 5) is 26.7. The van der Waals surface area contributed by atoms with Gasteiger partial charge in [0.1, 0.15) is 0 Å². The first-order valence-electron chi connectivity index (χ1n) is 5.75. The second kappa shape index (κ2) is 5.85. The molecular formula is C10H13N3O5S2. The monoisotopic (exact) mass is 319 g/mol. The smallest absolute Gasteiger partial charge is 0.358 e. The maximum Gasteiger partial charge on any atom is 0.358 e. The van der Waals surface area contributed by atoms with Crippen LogP contribution in [0.2, 0.25) is 0 Å². The zero-order valence-electron chi connectivity index (χ0n) is 10.7. The van der Waals surface area contributed by atoms with Crippen LogP contribution in [0, 0.1) is 0 Å². The quantitative estimate of drug-likeness (QED) is 0.749. The number of sulfonamides is 1. The number of methoxy groups -OCH3 is 1. The summed E-state index contributed by atoms with van der Waals surface area (Å²) in [6.45, 7) is 0.373. The molecule has 0 unspecified atom stereocenters. The highest BCUT2D eigenvalue weighted by Crippen LogP contribution is 2.25. The highest BCUT2D eigenvalue weighted by molar-refractivity contribution is 7.91. The molecule has 8 nitrogen and oxygen atoms in total. The van der Waals surface area contributed by atoms with Gasteiger partial charge in [-0.15, -0.1) is 11.3 Å². The van der Waals surface area contributed by atoms with E-state index in [-0.39, 0.29) is 28.9 Å². The first kappa shape index (κ1) is 14.9. The third kappa shape index (κ3) is 2.81. The van der Waals surface area contributed by atoms with E-state index < -0.39 is 16.0 Å². The van der Waals surface area contributed by atoms with Gasteiger partial charge in [-0.3, -0.25) is 4.79 Å². The number of esters is 1. The first-order valence-corrected chi connectivity index (χ1v) is 8.07. The van der Waals surface area contributed by atoms with Crippen LogP contribution < -0.4 is 5.32 Å². The molecule has 0 radical (unpaired) electrons. The van der Waals surface area contributed by atoms with E-state index in [1.54, 1.807) is 0 Å². The van der Waals surface area contributed by atoms with E-state index >= 15 is 0 Å². The van der Waals surface area contributed by atoms with Gasteiger partial charge in [-0.05, 0) is 6.42 Å². The van der Waals surface area contributed by atoms with Gasteiger partial charge in [-0.1, -0.05) is 0 Å². The summed E-state index contributed by atoms with van der Waals surface area (Å²) in [6, 6.07) is 0. The van der Waals surface area contributed by atoms with Gasteiger partial charge in [0.15, 0.2) is 9.90 Å². The number of thiazole rings is 1. The summed E-state index contributed by atoms with van der Waals surface area (Å²) in [5, 5.41) is 2.59. The van der Waals surface area contributed by atoms with Crippen LogP contribution in [-0.4, -0.2) is 56.3 Å². The van der Waals surface area contributed by atoms with E-state index in [0.29, 0.717) is 13.0 Å². The molecule has 1 N–H and O–H groups in total. The normalized spacial score (nSPS) is 17.4. The molecule has 1 aliphatic heterocycles. The van der Waals surface area contributed by atoms with Crippen LogP contribution in [0.15, 0.2) is 9.72 Å². The SMILES string of the molecule is COC(=O)c1ncsc1S(=O)(=O)N1CCCNC(=O)C1. The minimum atomic E-state index is -3.93. The van der Waals surface area contributed by atoms with Crippen molar-refractivity contribution in [3.8, 4) is 0 Å². The minimum absolute atomic E-state index is 0.195. The number of hydrogen-bond acceptors (Lipinski definition) is 7. The zero-order valence-corrected chi connectivity index (χ0v) is 12.3. The number of nitrogens with one attached hydrogen (secondary N) is 1. The number of aromatic nitrogens is 1. The maximum absolute atomic E-state index is 12.5. The number of carbonyl (C=O) groups excluding carboxylic acids is 2. The molecule has 20 heavy (non-hydrogen) atoms. The van der Waals surface area contributed by atoms with Gasteiger partial charge in [-0.2, -0.15) is 4.31 Å². The van der Waals surface area contributed by atoms with Crippen molar-refractivity contribution < 1.29 is 22.7 Å². The van der Waals surface area contributed by atoms with E-state index in [1.807, 2.05) is 0 Å². The Morgan fingerprint density at radius 2 is 2.30 bits per heavy atom.